The van der Waals surface area contributed by atoms with Crippen molar-refractivity contribution in [1.29, 1.82) is 0 Å². The van der Waals surface area contributed by atoms with Crippen LogP contribution in [0.15, 0.2) is 16.3 Å². The lowest BCUT2D eigenvalue weighted by Gasteiger charge is -2.33. The third kappa shape index (κ3) is 2.72. The normalized spacial score (nSPS) is 20.7. The van der Waals surface area contributed by atoms with E-state index < -0.39 is 10.0 Å². The molecule has 2 saturated carbocycles. The van der Waals surface area contributed by atoms with E-state index in [0.717, 1.165) is 24.1 Å². The summed E-state index contributed by atoms with van der Waals surface area (Å²) in [6.45, 7) is 0.676. The standard InChI is InChI=1S/C13H20N2O2S2/c1-15(11-3-2-4-11)19(16,17)13-7-8-18-12(13)9-14-10-5-6-10/h7-8,10-11,14H,2-6,9H2,1H3. The van der Waals surface area contributed by atoms with Crippen LogP contribution in [0.1, 0.15) is 37.0 Å². The van der Waals surface area contributed by atoms with Crippen molar-refractivity contribution in [2.45, 2.75) is 55.6 Å². The van der Waals surface area contributed by atoms with E-state index in [1.807, 2.05) is 5.38 Å². The zero-order chi connectivity index (χ0) is 13.5. The van der Waals surface area contributed by atoms with Crippen molar-refractivity contribution < 1.29 is 8.42 Å². The largest absolute Gasteiger partial charge is 0.309 e. The zero-order valence-corrected chi connectivity index (χ0v) is 12.8. The van der Waals surface area contributed by atoms with Crippen LogP contribution in [0.25, 0.3) is 0 Å². The minimum Gasteiger partial charge on any atom is -0.309 e. The van der Waals surface area contributed by atoms with E-state index in [4.69, 9.17) is 0 Å². The first-order chi connectivity index (χ1) is 9.09. The first-order valence-corrected chi connectivity index (χ1v) is 9.19. The average Bonchev–Trinajstić information content (AvgIpc) is 3.00. The summed E-state index contributed by atoms with van der Waals surface area (Å²) in [6.07, 6.45) is 5.57. The van der Waals surface area contributed by atoms with Crippen LogP contribution in [0.4, 0.5) is 0 Å². The van der Waals surface area contributed by atoms with E-state index >= 15 is 0 Å². The van der Waals surface area contributed by atoms with E-state index in [0.29, 0.717) is 17.5 Å². The Bertz CT molecular complexity index is 545. The molecule has 0 amide bonds. The Morgan fingerprint density at radius 3 is 2.68 bits per heavy atom. The molecule has 0 aromatic carbocycles. The lowest BCUT2D eigenvalue weighted by molar-refractivity contribution is 0.249. The van der Waals surface area contributed by atoms with Crippen molar-refractivity contribution in [3.8, 4) is 0 Å². The van der Waals surface area contributed by atoms with Crippen LogP contribution in [0.2, 0.25) is 0 Å². The van der Waals surface area contributed by atoms with Gasteiger partial charge in [-0.15, -0.1) is 11.3 Å². The molecule has 1 N–H and O–H groups in total. The highest BCUT2D eigenvalue weighted by Gasteiger charge is 2.33. The maximum atomic E-state index is 12.6. The van der Waals surface area contributed by atoms with Gasteiger partial charge < -0.3 is 5.32 Å². The number of sulfonamides is 1. The second-order valence-electron chi connectivity index (χ2n) is 5.47. The fourth-order valence-corrected chi connectivity index (χ4v) is 5.09. The van der Waals surface area contributed by atoms with Gasteiger partial charge in [-0.05, 0) is 37.1 Å². The molecule has 0 atom stereocenters. The summed E-state index contributed by atoms with van der Waals surface area (Å²) < 4.78 is 26.8. The number of thiophene rings is 1. The summed E-state index contributed by atoms with van der Waals surface area (Å²) in [4.78, 5) is 1.44. The van der Waals surface area contributed by atoms with E-state index in [1.54, 1.807) is 17.4 Å². The Balaban J connectivity index is 1.77. The van der Waals surface area contributed by atoms with E-state index in [-0.39, 0.29) is 6.04 Å². The smallest absolute Gasteiger partial charge is 0.244 e. The van der Waals surface area contributed by atoms with Crippen LogP contribution in [0.3, 0.4) is 0 Å². The van der Waals surface area contributed by atoms with Gasteiger partial charge in [0.15, 0.2) is 0 Å². The lowest BCUT2D eigenvalue weighted by Crippen LogP contribution is -2.41. The van der Waals surface area contributed by atoms with Crippen molar-refractivity contribution in [3.63, 3.8) is 0 Å². The molecule has 2 aliphatic carbocycles. The van der Waals surface area contributed by atoms with Gasteiger partial charge in [-0.2, -0.15) is 4.31 Å². The van der Waals surface area contributed by atoms with Crippen molar-refractivity contribution >= 4 is 21.4 Å². The molecule has 4 nitrogen and oxygen atoms in total. The SMILES string of the molecule is CN(C1CCC1)S(=O)(=O)c1ccsc1CNC1CC1. The van der Waals surface area contributed by atoms with Crippen LogP contribution in [-0.4, -0.2) is 31.9 Å². The topological polar surface area (TPSA) is 49.4 Å². The van der Waals surface area contributed by atoms with Gasteiger partial charge >= 0.3 is 0 Å². The zero-order valence-electron chi connectivity index (χ0n) is 11.1. The molecule has 6 heteroatoms. The van der Waals surface area contributed by atoms with Crippen molar-refractivity contribution in [3.05, 3.63) is 16.3 Å². The molecule has 2 fully saturated rings. The van der Waals surface area contributed by atoms with Crippen LogP contribution < -0.4 is 5.32 Å². The molecule has 0 bridgehead atoms. The molecule has 0 aliphatic heterocycles. The molecule has 106 valence electrons. The van der Waals surface area contributed by atoms with Crippen molar-refractivity contribution in [1.82, 2.24) is 9.62 Å². The Morgan fingerprint density at radius 1 is 1.37 bits per heavy atom. The Morgan fingerprint density at radius 2 is 2.11 bits per heavy atom. The molecule has 0 unspecified atom stereocenters. The third-order valence-electron chi connectivity index (χ3n) is 4.08. The summed E-state index contributed by atoms with van der Waals surface area (Å²) in [5.41, 5.74) is 0. The van der Waals surface area contributed by atoms with Crippen molar-refractivity contribution in [2.24, 2.45) is 0 Å². The van der Waals surface area contributed by atoms with Gasteiger partial charge in [0.1, 0.15) is 0 Å². The molecular formula is C13H20N2O2S2. The van der Waals surface area contributed by atoms with Crippen molar-refractivity contribution in [2.75, 3.05) is 7.05 Å². The molecule has 3 rings (SSSR count). The fourth-order valence-electron chi connectivity index (χ4n) is 2.31. The summed E-state index contributed by atoms with van der Waals surface area (Å²) in [7, 11) is -1.59. The maximum absolute atomic E-state index is 12.6. The highest BCUT2D eigenvalue weighted by molar-refractivity contribution is 7.89. The third-order valence-corrected chi connectivity index (χ3v) is 7.12. The predicted octanol–water partition coefficient (Wildman–Crippen LogP) is 2.17. The fraction of sp³-hybridized carbons (Fsp3) is 0.692. The van der Waals surface area contributed by atoms with Gasteiger partial charge in [-0.3, -0.25) is 0 Å². The van der Waals surface area contributed by atoms with Crippen LogP contribution >= 0.6 is 11.3 Å². The van der Waals surface area contributed by atoms with Crippen LogP contribution in [-0.2, 0) is 16.6 Å². The number of rotatable bonds is 6. The highest BCUT2D eigenvalue weighted by atomic mass is 32.2. The molecule has 1 heterocycles. The minimum absolute atomic E-state index is 0.203. The Labute approximate surface area is 118 Å². The van der Waals surface area contributed by atoms with Crippen LogP contribution in [0.5, 0.6) is 0 Å². The summed E-state index contributed by atoms with van der Waals surface area (Å²) in [6, 6.07) is 2.55. The van der Waals surface area contributed by atoms with E-state index in [1.165, 1.54) is 24.2 Å². The predicted molar refractivity (Wildman–Crippen MR) is 76.8 cm³/mol. The second-order valence-corrected chi connectivity index (χ2v) is 8.44. The van der Waals surface area contributed by atoms with Gasteiger partial charge in [-0.25, -0.2) is 8.42 Å². The maximum Gasteiger partial charge on any atom is 0.244 e. The Hall–Kier alpha value is -0.430. The molecule has 0 spiro atoms. The number of hydrogen-bond donors (Lipinski definition) is 1. The minimum atomic E-state index is -3.31. The number of hydrogen-bond acceptors (Lipinski definition) is 4. The van der Waals surface area contributed by atoms with Gasteiger partial charge in [-0.1, -0.05) is 6.42 Å². The number of nitrogens with zero attached hydrogens (tertiary/aromatic N) is 1. The average molecular weight is 300 g/mol. The van der Waals surface area contributed by atoms with Gasteiger partial charge in [0.25, 0.3) is 0 Å². The summed E-state index contributed by atoms with van der Waals surface area (Å²) in [5.74, 6) is 0. The molecule has 0 saturated heterocycles. The van der Waals surface area contributed by atoms with E-state index in [9.17, 15) is 8.42 Å². The first-order valence-electron chi connectivity index (χ1n) is 6.87. The molecular weight excluding hydrogens is 280 g/mol. The quantitative estimate of drug-likeness (QED) is 0.876. The number of nitrogens with one attached hydrogen (secondary N) is 1. The Kier molecular flexibility index (Phi) is 3.68. The monoisotopic (exact) mass is 300 g/mol. The van der Waals surface area contributed by atoms with Gasteiger partial charge in [0.2, 0.25) is 10.0 Å². The van der Waals surface area contributed by atoms with Gasteiger partial charge in [0, 0.05) is 30.6 Å². The second kappa shape index (κ2) is 5.16. The molecule has 19 heavy (non-hydrogen) atoms. The van der Waals surface area contributed by atoms with Gasteiger partial charge in [0.05, 0.1) is 4.90 Å². The molecule has 2 aliphatic rings. The summed E-state index contributed by atoms with van der Waals surface area (Å²) >= 11 is 1.53. The first kappa shape index (κ1) is 13.5. The molecule has 1 aromatic rings. The lowest BCUT2D eigenvalue weighted by atomic mass is 9.94. The molecule has 0 radical (unpaired) electrons. The highest BCUT2D eigenvalue weighted by Crippen LogP contribution is 2.31. The summed E-state index contributed by atoms with van der Waals surface area (Å²) in [5, 5.41) is 5.28. The molecule has 1 aromatic heterocycles. The van der Waals surface area contributed by atoms with Crippen LogP contribution in [0, 0.1) is 0 Å². The van der Waals surface area contributed by atoms with E-state index in [2.05, 4.69) is 5.32 Å².